The Morgan fingerprint density at radius 3 is 2.42 bits per heavy atom. The van der Waals surface area contributed by atoms with Crippen LogP contribution in [0, 0.1) is 5.41 Å². The molecule has 2 aliphatic rings. The van der Waals surface area contributed by atoms with Crippen molar-refractivity contribution < 1.29 is 9.53 Å². The largest absolute Gasteiger partial charge is 0.457 e. The molecule has 2 fully saturated rings. The van der Waals surface area contributed by atoms with Gasteiger partial charge in [0.05, 0.1) is 11.3 Å². The third-order valence-corrected chi connectivity index (χ3v) is 7.22. The van der Waals surface area contributed by atoms with Crippen molar-refractivity contribution in [2.45, 2.75) is 58.5 Å². The van der Waals surface area contributed by atoms with Gasteiger partial charge in [-0.25, -0.2) is 0 Å². The lowest BCUT2D eigenvalue weighted by molar-refractivity contribution is -0.127. The number of carbonyl (C=O) groups excluding carboxylic acids is 1. The molecular formula is C35H48N6O2. The molecule has 0 aromatic heterocycles. The summed E-state index contributed by atoms with van der Waals surface area (Å²) in [5.74, 6) is 2.09. The number of nitrogens with two attached hydrogens (primary N) is 1. The van der Waals surface area contributed by atoms with Gasteiger partial charge in [-0.15, -0.1) is 6.58 Å². The van der Waals surface area contributed by atoms with Gasteiger partial charge in [0.2, 0.25) is 5.91 Å². The summed E-state index contributed by atoms with van der Waals surface area (Å²) in [6, 6.07) is 17.7. The van der Waals surface area contributed by atoms with Gasteiger partial charge >= 0.3 is 0 Å². The van der Waals surface area contributed by atoms with Gasteiger partial charge in [-0.1, -0.05) is 30.4 Å². The SMILES string of the molecule is C=CC.CCN=C(NC1CCCN(C(=O)/C=C/CN(C)C2CC2)C1)/C(C(=N)c1ccc(Oc2ccccc2)cc1)=C(\C)N. The lowest BCUT2D eigenvalue weighted by atomic mass is 9.98. The number of aliphatic imine (C=N–C) groups is 1. The number of rotatable bonds is 11. The van der Waals surface area contributed by atoms with E-state index in [0.29, 0.717) is 47.6 Å². The smallest absolute Gasteiger partial charge is 0.246 e. The van der Waals surface area contributed by atoms with E-state index in [1.54, 1.807) is 19.1 Å². The summed E-state index contributed by atoms with van der Waals surface area (Å²) in [5, 5.41) is 12.5. The van der Waals surface area contributed by atoms with E-state index in [9.17, 15) is 4.79 Å². The van der Waals surface area contributed by atoms with Crippen molar-refractivity contribution in [3.05, 3.63) is 96.2 Å². The number of allylic oxidation sites excluding steroid dienone is 2. The van der Waals surface area contributed by atoms with Crippen molar-refractivity contribution in [2.75, 3.05) is 33.2 Å². The molecule has 1 saturated heterocycles. The summed E-state index contributed by atoms with van der Waals surface area (Å²) >= 11 is 0. The lowest BCUT2D eigenvalue weighted by Crippen LogP contribution is -2.50. The van der Waals surface area contributed by atoms with Crippen LogP contribution in [0.2, 0.25) is 0 Å². The molecule has 1 heterocycles. The molecule has 230 valence electrons. The fraction of sp³-hybridized carbons (Fsp3) is 0.400. The van der Waals surface area contributed by atoms with Crippen LogP contribution in [-0.4, -0.2) is 72.6 Å². The number of carbonyl (C=O) groups is 1. The minimum atomic E-state index is 0.0225. The Morgan fingerprint density at radius 2 is 1.81 bits per heavy atom. The fourth-order valence-electron chi connectivity index (χ4n) is 4.89. The van der Waals surface area contributed by atoms with Crippen molar-refractivity contribution >= 4 is 17.5 Å². The second-order valence-corrected chi connectivity index (χ2v) is 10.9. The summed E-state index contributed by atoms with van der Waals surface area (Å²) in [4.78, 5) is 21.8. The minimum Gasteiger partial charge on any atom is -0.457 e. The first-order valence-electron chi connectivity index (χ1n) is 15.2. The maximum Gasteiger partial charge on any atom is 0.246 e. The number of amidine groups is 1. The molecule has 1 aliphatic heterocycles. The van der Waals surface area contributed by atoms with Crippen LogP contribution in [0.4, 0.5) is 0 Å². The number of hydrogen-bond donors (Lipinski definition) is 3. The molecule has 4 N–H and O–H groups in total. The Balaban J connectivity index is 0.00000162. The highest BCUT2D eigenvalue weighted by molar-refractivity contribution is 6.28. The van der Waals surface area contributed by atoms with E-state index in [1.165, 1.54) is 12.8 Å². The number of likely N-dealkylation sites (N-methyl/N-ethyl adjacent to an activating group) is 1. The number of ether oxygens (including phenoxy) is 1. The molecule has 8 nitrogen and oxygen atoms in total. The van der Waals surface area contributed by atoms with Crippen LogP contribution in [-0.2, 0) is 4.79 Å². The van der Waals surface area contributed by atoms with Crippen LogP contribution in [0.5, 0.6) is 11.5 Å². The average molecular weight is 585 g/mol. The fourth-order valence-corrected chi connectivity index (χ4v) is 4.89. The number of para-hydroxylation sites is 1. The number of piperidine rings is 1. The second kappa shape index (κ2) is 17.1. The first-order valence-corrected chi connectivity index (χ1v) is 15.2. The van der Waals surface area contributed by atoms with Crippen LogP contribution >= 0.6 is 0 Å². The molecule has 2 aromatic rings. The first kappa shape index (κ1) is 33.3. The standard InChI is InChI=1S/C32H42N6O2.C3H6/c1-4-35-32(36-25-10-8-21-38(22-25)29(39)13-9-20-37(3)26-16-17-26)30(23(2)33)31(34)24-14-18-28(19-15-24)40-27-11-6-5-7-12-27;1-3-2/h5-7,9,11-15,18-19,25-26,34H,4,8,10,16-17,20-22,33H2,1-3H3,(H,35,36);3H,1H2,2H3/b13-9+,30-23+,34-31?;. The Hall–Kier alpha value is -4.17. The Labute approximate surface area is 257 Å². The van der Waals surface area contributed by atoms with E-state index in [0.717, 1.165) is 31.7 Å². The van der Waals surface area contributed by atoms with Crippen LogP contribution in [0.15, 0.2) is 95.7 Å². The normalized spacial score (nSPS) is 17.6. The summed E-state index contributed by atoms with van der Waals surface area (Å²) in [7, 11) is 2.11. The van der Waals surface area contributed by atoms with E-state index in [4.69, 9.17) is 20.9 Å². The third-order valence-electron chi connectivity index (χ3n) is 7.22. The van der Waals surface area contributed by atoms with Crippen molar-refractivity contribution in [1.82, 2.24) is 15.1 Å². The van der Waals surface area contributed by atoms with Crippen LogP contribution < -0.4 is 15.8 Å². The van der Waals surface area contributed by atoms with Crippen molar-refractivity contribution in [3.63, 3.8) is 0 Å². The maximum atomic E-state index is 12.9. The molecule has 1 amide bonds. The monoisotopic (exact) mass is 584 g/mol. The zero-order valence-electron chi connectivity index (χ0n) is 26.2. The van der Waals surface area contributed by atoms with Crippen LogP contribution in [0.3, 0.4) is 0 Å². The molecule has 2 aromatic carbocycles. The molecule has 0 radical (unpaired) electrons. The maximum absolute atomic E-state index is 12.9. The molecule has 0 bridgehead atoms. The van der Waals surface area contributed by atoms with E-state index < -0.39 is 0 Å². The summed E-state index contributed by atoms with van der Waals surface area (Å²) in [6.07, 6.45) is 9.75. The first-order chi connectivity index (χ1) is 20.8. The van der Waals surface area contributed by atoms with Crippen molar-refractivity contribution in [1.29, 1.82) is 5.41 Å². The van der Waals surface area contributed by atoms with Gasteiger partial charge in [0.15, 0.2) is 0 Å². The molecule has 43 heavy (non-hydrogen) atoms. The van der Waals surface area contributed by atoms with Gasteiger partial charge in [-0.2, -0.15) is 0 Å². The molecule has 4 rings (SSSR count). The molecular weight excluding hydrogens is 536 g/mol. The number of nitrogens with one attached hydrogen (secondary N) is 2. The molecule has 1 atom stereocenters. The quantitative estimate of drug-likeness (QED) is 0.132. The molecule has 1 unspecified atom stereocenters. The molecule has 1 aliphatic carbocycles. The topological polar surface area (TPSA) is 107 Å². The third kappa shape index (κ3) is 10.6. The van der Waals surface area contributed by atoms with E-state index >= 15 is 0 Å². The van der Waals surface area contributed by atoms with Gasteiger partial charge in [0.1, 0.15) is 17.3 Å². The molecule has 8 heteroatoms. The Morgan fingerprint density at radius 1 is 1.16 bits per heavy atom. The van der Waals surface area contributed by atoms with Crippen molar-refractivity contribution in [3.8, 4) is 11.5 Å². The zero-order chi connectivity index (χ0) is 31.2. The molecule has 0 spiro atoms. The second-order valence-electron chi connectivity index (χ2n) is 10.9. The number of hydrogen-bond acceptors (Lipinski definition) is 6. The Bertz CT molecular complexity index is 1290. The minimum absolute atomic E-state index is 0.0225. The summed E-state index contributed by atoms with van der Waals surface area (Å²) in [6.45, 7) is 11.7. The van der Waals surface area contributed by atoms with Gasteiger partial charge in [-0.3, -0.25) is 20.1 Å². The van der Waals surface area contributed by atoms with Gasteiger partial charge in [0, 0.05) is 55.6 Å². The van der Waals surface area contributed by atoms with E-state index in [-0.39, 0.29) is 17.7 Å². The summed E-state index contributed by atoms with van der Waals surface area (Å²) < 4.78 is 5.90. The number of benzene rings is 2. The number of amides is 1. The van der Waals surface area contributed by atoms with Gasteiger partial charge in [-0.05, 0) is 89.9 Å². The van der Waals surface area contributed by atoms with Crippen LogP contribution in [0.1, 0.15) is 52.0 Å². The van der Waals surface area contributed by atoms with Gasteiger partial charge < -0.3 is 20.7 Å². The van der Waals surface area contributed by atoms with Crippen LogP contribution in [0.25, 0.3) is 0 Å². The highest BCUT2D eigenvalue weighted by atomic mass is 16.5. The average Bonchev–Trinajstić information content (AvgIpc) is 3.85. The Kier molecular flexibility index (Phi) is 13.2. The molecule has 1 saturated carbocycles. The number of nitrogens with zero attached hydrogens (tertiary/aromatic N) is 3. The van der Waals surface area contributed by atoms with Crippen molar-refractivity contribution in [2.24, 2.45) is 10.7 Å². The predicted octanol–water partition coefficient (Wildman–Crippen LogP) is 5.92. The van der Waals surface area contributed by atoms with Gasteiger partial charge in [0.25, 0.3) is 0 Å². The lowest BCUT2D eigenvalue weighted by Gasteiger charge is -2.34. The highest BCUT2D eigenvalue weighted by Crippen LogP contribution is 2.25. The predicted molar refractivity (Wildman–Crippen MR) is 178 cm³/mol. The number of likely N-dealkylation sites (tertiary alicyclic amines) is 1. The summed E-state index contributed by atoms with van der Waals surface area (Å²) in [5.41, 5.74) is 8.43. The van der Waals surface area contributed by atoms with E-state index in [2.05, 4.69) is 23.8 Å². The highest BCUT2D eigenvalue weighted by Gasteiger charge is 2.27. The zero-order valence-corrected chi connectivity index (χ0v) is 26.2. The van der Waals surface area contributed by atoms with E-state index in [1.807, 2.05) is 79.4 Å².